The van der Waals surface area contributed by atoms with Gasteiger partial charge in [-0.2, -0.15) is 0 Å². The molecule has 1 saturated heterocycles. The Labute approximate surface area is 132 Å². The average Bonchev–Trinajstić information content (AvgIpc) is 3.08. The molecule has 1 aromatic heterocycles. The molecule has 3 rings (SSSR count). The molecule has 2 heterocycles. The van der Waals surface area contributed by atoms with Gasteiger partial charge in [0.05, 0.1) is 0 Å². The maximum absolute atomic E-state index is 11.0. The average molecular weight is 302 g/mol. The molecule has 1 unspecified atom stereocenters. The Hall–Kier alpha value is -1.65. The number of nitrogens with zero attached hydrogens (tertiary/aromatic N) is 3. The SMILES string of the molecule is NC(=O)CCC1CCCN(c2nccc(C3CCCC3)n2)C1. The lowest BCUT2D eigenvalue weighted by Gasteiger charge is -2.33. The molecule has 1 aliphatic heterocycles. The van der Waals surface area contributed by atoms with E-state index in [1.807, 2.05) is 6.20 Å². The summed E-state index contributed by atoms with van der Waals surface area (Å²) in [4.78, 5) is 22.6. The highest BCUT2D eigenvalue weighted by molar-refractivity contribution is 5.73. The van der Waals surface area contributed by atoms with Gasteiger partial charge in [0.25, 0.3) is 0 Å². The van der Waals surface area contributed by atoms with Crippen molar-refractivity contribution in [3.63, 3.8) is 0 Å². The van der Waals surface area contributed by atoms with Gasteiger partial charge < -0.3 is 10.6 Å². The number of hydrogen-bond acceptors (Lipinski definition) is 4. The minimum atomic E-state index is -0.198. The van der Waals surface area contributed by atoms with Crippen LogP contribution < -0.4 is 10.6 Å². The standard InChI is InChI=1S/C17H26N4O/c18-16(22)8-7-13-4-3-11-21(12-13)17-19-10-9-15(20-17)14-5-1-2-6-14/h9-10,13-14H,1-8,11-12H2,(H2,18,22). The van der Waals surface area contributed by atoms with E-state index < -0.39 is 0 Å². The Morgan fingerprint density at radius 1 is 1.27 bits per heavy atom. The molecule has 0 spiro atoms. The lowest BCUT2D eigenvalue weighted by atomic mass is 9.93. The molecule has 2 fully saturated rings. The summed E-state index contributed by atoms with van der Waals surface area (Å²) < 4.78 is 0. The molecule has 2 aliphatic rings. The van der Waals surface area contributed by atoms with Crippen LogP contribution in [0.1, 0.15) is 63.0 Å². The van der Waals surface area contributed by atoms with Gasteiger partial charge in [0.15, 0.2) is 0 Å². The van der Waals surface area contributed by atoms with Gasteiger partial charge in [-0.05, 0) is 44.1 Å². The maximum atomic E-state index is 11.0. The molecule has 22 heavy (non-hydrogen) atoms. The minimum Gasteiger partial charge on any atom is -0.370 e. The van der Waals surface area contributed by atoms with Crippen molar-refractivity contribution in [3.8, 4) is 0 Å². The van der Waals surface area contributed by atoms with E-state index in [9.17, 15) is 4.79 Å². The van der Waals surface area contributed by atoms with Crippen LogP contribution in [0.2, 0.25) is 0 Å². The van der Waals surface area contributed by atoms with Crippen LogP contribution in [0.3, 0.4) is 0 Å². The summed E-state index contributed by atoms with van der Waals surface area (Å²) in [6.45, 7) is 1.96. The van der Waals surface area contributed by atoms with E-state index in [2.05, 4.69) is 16.0 Å². The lowest BCUT2D eigenvalue weighted by molar-refractivity contribution is -0.118. The van der Waals surface area contributed by atoms with E-state index in [0.29, 0.717) is 18.3 Å². The van der Waals surface area contributed by atoms with Crippen LogP contribution in [-0.4, -0.2) is 29.0 Å². The third-order valence-electron chi connectivity index (χ3n) is 5.04. The zero-order valence-electron chi connectivity index (χ0n) is 13.2. The zero-order chi connectivity index (χ0) is 15.4. The Morgan fingerprint density at radius 3 is 2.86 bits per heavy atom. The van der Waals surface area contributed by atoms with Crippen molar-refractivity contribution in [2.75, 3.05) is 18.0 Å². The summed E-state index contributed by atoms with van der Waals surface area (Å²) >= 11 is 0. The summed E-state index contributed by atoms with van der Waals surface area (Å²) in [6.07, 6.45) is 10.8. The van der Waals surface area contributed by atoms with Crippen LogP contribution in [0.25, 0.3) is 0 Å². The smallest absolute Gasteiger partial charge is 0.225 e. The Bertz CT molecular complexity index is 513. The van der Waals surface area contributed by atoms with E-state index in [1.54, 1.807) is 0 Å². The van der Waals surface area contributed by atoms with Crippen molar-refractivity contribution in [2.45, 2.75) is 57.3 Å². The largest absolute Gasteiger partial charge is 0.370 e. The fourth-order valence-corrected chi connectivity index (χ4v) is 3.79. The second-order valence-electron chi connectivity index (χ2n) is 6.72. The summed E-state index contributed by atoms with van der Waals surface area (Å²) in [7, 11) is 0. The minimum absolute atomic E-state index is 0.198. The first-order valence-corrected chi connectivity index (χ1v) is 8.58. The highest BCUT2D eigenvalue weighted by Crippen LogP contribution is 2.33. The molecule has 0 bridgehead atoms. The third kappa shape index (κ3) is 3.76. The second-order valence-corrected chi connectivity index (χ2v) is 6.72. The van der Waals surface area contributed by atoms with Crippen LogP contribution >= 0.6 is 0 Å². The lowest BCUT2D eigenvalue weighted by Crippen LogP contribution is -2.37. The number of aromatic nitrogens is 2. The van der Waals surface area contributed by atoms with E-state index in [0.717, 1.165) is 31.9 Å². The molecule has 1 aromatic rings. The van der Waals surface area contributed by atoms with Gasteiger partial charge in [0.1, 0.15) is 0 Å². The molecule has 120 valence electrons. The molecule has 1 aliphatic carbocycles. The molecule has 1 amide bonds. The van der Waals surface area contributed by atoms with E-state index in [1.165, 1.54) is 37.8 Å². The van der Waals surface area contributed by atoms with Gasteiger partial charge in [-0.1, -0.05) is 12.8 Å². The quantitative estimate of drug-likeness (QED) is 0.907. The van der Waals surface area contributed by atoms with Crippen LogP contribution in [0.15, 0.2) is 12.3 Å². The molecule has 5 heteroatoms. The number of primary amides is 1. The molecule has 5 nitrogen and oxygen atoms in total. The zero-order valence-corrected chi connectivity index (χ0v) is 13.2. The predicted molar refractivity (Wildman–Crippen MR) is 86.6 cm³/mol. The van der Waals surface area contributed by atoms with E-state index in [-0.39, 0.29) is 5.91 Å². The monoisotopic (exact) mass is 302 g/mol. The summed E-state index contributed by atoms with van der Waals surface area (Å²) in [5, 5.41) is 0. The molecular formula is C17H26N4O. The maximum Gasteiger partial charge on any atom is 0.225 e. The van der Waals surface area contributed by atoms with Crippen LogP contribution in [0.4, 0.5) is 5.95 Å². The van der Waals surface area contributed by atoms with Crippen LogP contribution in [-0.2, 0) is 4.79 Å². The number of amides is 1. The van der Waals surface area contributed by atoms with Crippen molar-refractivity contribution >= 4 is 11.9 Å². The van der Waals surface area contributed by atoms with Gasteiger partial charge in [-0.15, -0.1) is 0 Å². The van der Waals surface area contributed by atoms with Gasteiger partial charge in [0.2, 0.25) is 11.9 Å². The fraction of sp³-hybridized carbons (Fsp3) is 0.706. The molecular weight excluding hydrogens is 276 g/mol. The fourth-order valence-electron chi connectivity index (χ4n) is 3.79. The number of nitrogens with two attached hydrogens (primary N) is 1. The van der Waals surface area contributed by atoms with Gasteiger partial charge >= 0.3 is 0 Å². The van der Waals surface area contributed by atoms with Crippen molar-refractivity contribution in [1.29, 1.82) is 0 Å². The number of rotatable bonds is 5. The van der Waals surface area contributed by atoms with Gasteiger partial charge in [0, 0.05) is 37.3 Å². The second kappa shape index (κ2) is 7.07. The number of hydrogen-bond donors (Lipinski definition) is 1. The Kier molecular flexibility index (Phi) is 4.90. The molecule has 1 saturated carbocycles. The molecule has 1 atom stereocenters. The topological polar surface area (TPSA) is 72.1 Å². The first kappa shape index (κ1) is 15.3. The van der Waals surface area contributed by atoms with Crippen molar-refractivity contribution < 1.29 is 4.79 Å². The van der Waals surface area contributed by atoms with Crippen LogP contribution in [0.5, 0.6) is 0 Å². The number of anilines is 1. The summed E-state index contributed by atoms with van der Waals surface area (Å²) in [6, 6.07) is 2.08. The molecule has 0 aromatic carbocycles. The first-order chi connectivity index (χ1) is 10.7. The van der Waals surface area contributed by atoms with E-state index >= 15 is 0 Å². The number of carbonyl (C=O) groups excluding carboxylic acids is 1. The highest BCUT2D eigenvalue weighted by atomic mass is 16.1. The first-order valence-electron chi connectivity index (χ1n) is 8.58. The summed E-state index contributed by atoms with van der Waals surface area (Å²) in [5.74, 6) is 1.82. The van der Waals surface area contributed by atoms with Crippen molar-refractivity contribution in [2.24, 2.45) is 11.7 Å². The van der Waals surface area contributed by atoms with Crippen molar-refractivity contribution in [1.82, 2.24) is 9.97 Å². The molecule has 0 radical (unpaired) electrons. The molecule has 2 N–H and O–H groups in total. The predicted octanol–water partition coefficient (Wildman–Crippen LogP) is 2.62. The normalized spacial score (nSPS) is 22.9. The number of piperidine rings is 1. The summed E-state index contributed by atoms with van der Waals surface area (Å²) in [5.41, 5.74) is 6.48. The highest BCUT2D eigenvalue weighted by Gasteiger charge is 2.24. The Morgan fingerprint density at radius 2 is 2.09 bits per heavy atom. The Balaban J connectivity index is 1.65. The van der Waals surface area contributed by atoms with E-state index in [4.69, 9.17) is 10.7 Å². The van der Waals surface area contributed by atoms with Gasteiger partial charge in [-0.25, -0.2) is 9.97 Å². The van der Waals surface area contributed by atoms with Gasteiger partial charge in [-0.3, -0.25) is 4.79 Å². The number of carbonyl (C=O) groups is 1. The third-order valence-corrected chi connectivity index (χ3v) is 5.04. The van der Waals surface area contributed by atoms with Crippen LogP contribution in [0, 0.1) is 5.92 Å². The van der Waals surface area contributed by atoms with Crippen molar-refractivity contribution in [3.05, 3.63) is 18.0 Å².